The topological polar surface area (TPSA) is 119 Å². The summed E-state index contributed by atoms with van der Waals surface area (Å²) in [6.07, 6.45) is 2.51. The molecule has 10 heteroatoms. The van der Waals surface area contributed by atoms with Gasteiger partial charge in [-0.2, -0.15) is 0 Å². The Hall–Kier alpha value is -2.72. The summed E-state index contributed by atoms with van der Waals surface area (Å²) >= 11 is 1.31. The summed E-state index contributed by atoms with van der Waals surface area (Å²) < 4.78 is 29.7. The first-order chi connectivity index (χ1) is 15.1. The van der Waals surface area contributed by atoms with Crippen LogP contribution in [0, 0.1) is 0 Å². The summed E-state index contributed by atoms with van der Waals surface area (Å²) in [5.74, 6) is -1.16. The lowest BCUT2D eigenvalue weighted by atomic mass is 9.95. The largest absolute Gasteiger partial charge is 0.450 e. The number of fused-ring (bicyclic) bond motifs is 1. The average Bonchev–Trinajstić information content (AvgIpc) is 3.11. The van der Waals surface area contributed by atoms with Crippen LogP contribution in [0.5, 0.6) is 0 Å². The van der Waals surface area contributed by atoms with Crippen molar-refractivity contribution in [3.8, 4) is 0 Å². The highest BCUT2D eigenvalue weighted by Gasteiger charge is 2.28. The van der Waals surface area contributed by atoms with E-state index >= 15 is 0 Å². The molecule has 0 saturated carbocycles. The third kappa shape index (κ3) is 5.02. The van der Waals surface area contributed by atoms with Crippen LogP contribution in [0.25, 0.3) is 0 Å². The normalized spacial score (nSPS) is 13.4. The van der Waals surface area contributed by atoms with Crippen molar-refractivity contribution in [2.75, 3.05) is 11.9 Å². The fraction of sp³-hybridized carbons (Fsp3) is 0.409. The first-order valence-electron chi connectivity index (χ1n) is 10.4. The summed E-state index contributed by atoms with van der Waals surface area (Å²) in [4.78, 5) is 38.6. The second-order valence-corrected chi connectivity index (χ2v) is 11.3. The van der Waals surface area contributed by atoms with Crippen molar-refractivity contribution in [1.82, 2.24) is 5.32 Å². The standard InChI is InChI=1S/C22H26N2O6S2/c1-4-30-22(27)24-20(26)18-16-10-5-6-11-17(16)31-21(18)23-19(25)14-8-7-9-15(12-14)32(28,29)13(2)3/h7-9,12-13H,4-6,10-11H2,1-3H3,(H,23,25)(H,24,26,27). The van der Waals surface area contributed by atoms with Crippen molar-refractivity contribution in [3.05, 3.63) is 45.8 Å². The lowest BCUT2D eigenvalue weighted by molar-refractivity contribution is 0.0925. The second kappa shape index (κ2) is 9.83. The maximum Gasteiger partial charge on any atom is 0.414 e. The third-order valence-electron chi connectivity index (χ3n) is 5.16. The van der Waals surface area contributed by atoms with Gasteiger partial charge in [-0.1, -0.05) is 6.07 Å². The highest BCUT2D eigenvalue weighted by molar-refractivity contribution is 7.92. The Balaban J connectivity index is 1.92. The van der Waals surface area contributed by atoms with Crippen LogP contribution in [0.2, 0.25) is 0 Å². The number of thiophene rings is 1. The zero-order chi connectivity index (χ0) is 23.5. The van der Waals surface area contributed by atoms with E-state index in [0.717, 1.165) is 29.7 Å². The molecular formula is C22H26N2O6S2. The predicted molar refractivity (Wildman–Crippen MR) is 122 cm³/mol. The third-order valence-corrected chi connectivity index (χ3v) is 8.52. The van der Waals surface area contributed by atoms with Gasteiger partial charge >= 0.3 is 6.09 Å². The van der Waals surface area contributed by atoms with Crippen LogP contribution in [-0.2, 0) is 27.4 Å². The number of sulfone groups is 1. The van der Waals surface area contributed by atoms with Gasteiger partial charge in [0.2, 0.25) is 0 Å². The van der Waals surface area contributed by atoms with E-state index < -0.39 is 33.0 Å². The minimum atomic E-state index is -3.54. The SMILES string of the molecule is CCOC(=O)NC(=O)c1c(NC(=O)c2cccc(S(=O)(=O)C(C)C)c2)sc2c1CCCC2. The minimum absolute atomic E-state index is 0.0610. The molecule has 1 aliphatic rings. The van der Waals surface area contributed by atoms with Gasteiger partial charge < -0.3 is 10.1 Å². The van der Waals surface area contributed by atoms with Crippen LogP contribution in [0.4, 0.5) is 9.80 Å². The number of anilines is 1. The highest BCUT2D eigenvalue weighted by Crippen LogP contribution is 2.38. The summed E-state index contributed by atoms with van der Waals surface area (Å²) in [7, 11) is -3.54. The molecule has 2 aromatic rings. The summed E-state index contributed by atoms with van der Waals surface area (Å²) in [6.45, 7) is 4.91. The molecule has 0 bridgehead atoms. The van der Waals surface area contributed by atoms with Gasteiger partial charge in [0.15, 0.2) is 9.84 Å². The van der Waals surface area contributed by atoms with E-state index in [-0.39, 0.29) is 22.6 Å². The molecule has 2 N–H and O–H groups in total. The molecule has 0 fully saturated rings. The molecular weight excluding hydrogens is 452 g/mol. The molecule has 0 unspecified atom stereocenters. The number of benzene rings is 1. The van der Waals surface area contributed by atoms with Crippen LogP contribution >= 0.6 is 11.3 Å². The first kappa shape index (κ1) is 23.9. The Morgan fingerprint density at radius 2 is 1.84 bits per heavy atom. The number of nitrogens with one attached hydrogen (secondary N) is 2. The van der Waals surface area contributed by atoms with Crippen LogP contribution < -0.4 is 10.6 Å². The molecule has 1 aromatic heterocycles. The van der Waals surface area contributed by atoms with Gasteiger partial charge in [-0.05, 0) is 70.2 Å². The fourth-order valence-corrected chi connectivity index (χ4v) is 5.86. The molecule has 1 aromatic carbocycles. The van der Waals surface area contributed by atoms with Crippen LogP contribution in [0.1, 0.15) is 64.8 Å². The van der Waals surface area contributed by atoms with Crippen LogP contribution in [0.15, 0.2) is 29.2 Å². The minimum Gasteiger partial charge on any atom is -0.450 e. The Morgan fingerprint density at radius 1 is 1.12 bits per heavy atom. The Morgan fingerprint density at radius 3 is 2.53 bits per heavy atom. The van der Waals surface area contributed by atoms with E-state index in [1.165, 1.54) is 35.6 Å². The molecule has 3 rings (SSSR count). The smallest absolute Gasteiger partial charge is 0.414 e. The zero-order valence-electron chi connectivity index (χ0n) is 18.2. The fourth-order valence-electron chi connectivity index (χ4n) is 3.48. The van der Waals surface area contributed by atoms with Gasteiger partial charge in [0.05, 0.1) is 22.3 Å². The highest BCUT2D eigenvalue weighted by atomic mass is 32.2. The van der Waals surface area contributed by atoms with Crippen molar-refractivity contribution >= 4 is 44.1 Å². The maximum atomic E-state index is 13.0. The molecule has 0 spiro atoms. The summed E-state index contributed by atoms with van der Waals surface area (Å²) in [5.41, 5.74) is 1.25. The summed E-state index contributed by atoms with van der Waals surface area (Å²) in [5, 5.41) is 4.67. The number of aryl methyl sites for hydroxylation is 1. The first-order valence-corrected chi connectivity index (χ1v) is 12.8. The summed E-state index contributed by atoms with van der Waals surface area (Å²) in [6, 6.07) is 5.81. The number of amides is 3. The molecule has 0 atom stereocenters. The average molecular weight is 479 g/mol. The zero-order valence-corrected chi connectivity index (χ0v) is 19.8. The lowest BCUT2D eigenvalue weighted by Crippen LogP contribution is -2.32. The second-order valence-electron chi connectivity index (χ2n) is 7.67. The van der Waals surface area contributed by atoms with E-state index in [1.54, 1.807) is 20.8 Å². The molecule has 0 saturated heterocycles. The Labute approximate surface area is 191 Å². The van der Waals surface area contributed by atoms with Crippen molar-refractivity contribution in [3.63, 3.8) is 0 Å². The molecule has 3 amide bonds. The molecule has 1 aliphatic carbocycles. The van der Waals surface area contributed by atoms with Gasteiger partial charge in [-0.3, -0.25) is 14.9 Å². The van der Waals surface area contributed by atoms with Crippen molar-refractivity contribution in [2.45, 2.75) is 56.6 Å². The van der Waals surface area contributed by atoms with Crippen LogP contribution in [-0.4, -0.2) is 38.2 Å². The van der Waals surface area contributed by atoms with E-state index in [4.69, 9.17) is 4.74 Å². The van der Waals surface area contributed by atoms with Crippen LogP contribution in [0.3, 0.4) is 0 Å². The molecule has 172 valence electrons. The quantitative estimate of drug-likeness (QED) is 0.649. The monoisotopic (exact) mass is 478 g/mol. The van der Waals surface area contributed by atoms with Gasteiger partial charge in [0.25, 0.3) is 11.8 Å². The van der Waals surface area contributed by atoms with Gasteiger partial charge in [0.1, 0.15) is 5.00 Å². The number of hydrogen-bond donors (Lipinski definition) is 2. The van der Waals surface area contributed by atoms with Crippen molar-refractivity contribution < 1.29 is 27.5 Å². The van der Waals surface area contributed by atoms with E-state index in [0.29, 0.717) is 11.4 Å². The van der Waals surface area contributed by atoms with E-state index in [9.17, 15) is 22.8 Å². The van der Waals surface area contributed by atoms with Gasteiger partial charge in [0, 0.05) is 10.4 Å². The van der Waals surface area contributed by atoms with Crippen molar-refractivity contribution in [1.29, 1.82) is 0 Å². The maximum absolute atomic E-state index is 13.0. The lowest BCUT2D eigenvalue weighted by Gasteiger charge is -2.13. The molecule has 0 aliphatic heterocycles. The molecule has 0 radical (unpaired) electrons. The number of carbonyl (C=O) groups excluding carboxylic acids is 3. The Kier molecular flexibility index (Phi) is 7.35. The predicted octanol–water partition coefficient (Wildman–Crippen LogP) is 3.95. The molecule has 1 heterocycles. The van der Waals surface area contributed by atoms with E-state index in [2.05, 4.69) is 10.6 Å². The number of hydrogen-bond acceptors (Lipinski definition) is 7. The molecule has 8 nitrogen and oxygen atoms in total. The number of imide groups is 1. The van der Waals surface area contributed by atoms with Gasteiger partial charge in [-0.15, -0.1) is 11.3 Å². The number of rotatable bonds is 6. The molecule has 32 heavy (non-hydrogen) atoms. The van der Waals surface area contributed by atoms with Crippen molar-refractivity contribution in [2.24, 2.45) is 0 Å². The number of carbonyl (C=O) groups is 3. The Bertz CT molecular complexity index is 1150. The van der Waals surface area contributed by atoms with E-state index in [1.807, 2.05) is 0 Å². The number of ether oxygens (including phenoxy) is 1. The number of alkyl carbamates (subject to hydrolysis) is 1. The van der Waals surface area contributed by atoms with Gasteiger partial charge in [-0.25, -0.2) is 13.2 Å².